The van der Waals surface area contributed by atoms with Gasteiger partial charge in [-0.2, -0.15) is 13.1 Å². The number of hydrogen-bond donors (Lipinski definition) is 0. The number of rotatable bonds is 9. The van der Waals surface area contributed by atoms with E-state index in [2.05, 4.69) is 9.72 Å². The third-order valence-corrected chi connectivity index (χ3v) is 6.57. The molecule has 3 rings (SSSR count). The third-order valence-electron chi connectivity index (χ3n) is 4.59. The second kappa shape index (κ2) is 9.43. The Labute approximate surface area is 168 Å². The first-order valence-electron chi connectivity index (χ1n) is 9.06. The van der Waals surface area contributed by atoms with Crippen molar-refractivity contribution in [3.63, 3.8) is 0 Å². The summed E-state index contributed by atoms with van der Waals surface area (Å²) in [5, 5.41) is 0. The van der Waals surface area contributed by atoms with Crippen molar-refractivity contribution >= 4 is 16.1 Å². The number of aryl methyl sites for hydroxylation is 1. The lowest BCUT2D eigenvalue weighted by Crippen LogP contribution is -2.34. The van der Waals surface area contributed by atoms with Crippen molar-refractivity contribution in [1.29, 1.82) is 0 Å². The molecule has 0 saturated carbocycles. The number of ether oxygens (including phenoxy) is 2. The summed E-state index contributed by atoms with van der Waals surface area (Å²) in [6, 6.07) is 8.11. The minimum atomic E-state index is -3.73. The fourth-order valence-corrected chi connectivity index (χ4v) is 4.76. The number of allylic oxidation sites excluding steroid dienone is 1. The Morgan fingerprint density at radius 2 is 2.07 bits per heavy atom. The number of aromatic nitrogens is 1. The van der Waals surface area contributed by atoms with E-state index in [-0.39, 0.29) is 36.8 Å². The van der Waals surface area contributed by atoms with Gasteiger partial charge in [0.15, 0.2) is 0 Å². The van der Waals surface area contributed by atoms with Gasteiger partial charge in [-0.1, -0.05) is 12.1 Å². The van der Waals surface area contributed by atoms with Crippen molar-refractivity contribution in [2.45, 2.75) is 26.0 Å². The van der Waals surface area contributed by atoms with Crippen LogP contribution in [0.4, 0.5) is 8.78 Å². The van der Waals surface area contributed by atoms with Gasteiger partial charge in [0.05, 0.1) is 11.5 Å². The summed E-state index contributed by atoms with van der Waals surface area (Å²) in [6.45, 7) is -2.24. The molecule has 1 aromatic carbocycles. The number of fused-ring (bicyclic) bond motifs is 1. The van der Waals surface area contributed by atoms with Crippen LogP contribution in [0.2, 0.25) is 0 Å². The maximum absolute atomic E-state index is 13.3. The van der Waals surface area contributed by atoms with Crippen LogP contribution in [0.1, 0.15) is 23.1 Å². The van der Waals surface area contributed by atoms with E-state index < -0.39 is 16.6 Å². The Morgan fingerprint density at radius 3 is 2.76 bits per heavy atom. The van der Waals surface area contributed by atoms with Gasteiger partial charge in [0, 0.05) is 32.6 Å². The van der Waals surface area contributed by atoms with Gasteiger partial charge in [-0.25, -0.2) is 8.42 Å². The Bertz CT molecular complexity index is 966. The number of hydrogen-bond acceptors (Lipinski definition) is 5. The minimum absolute atomic E-state index is 0.0664. The topological polar surface area (TPSA) is 68.7 Å². The van der Waals surface area contributed by atoms with E-state index in [4.69, 9.17) is 4.74 Å². The number of sulfonamides is 1. The number of halogens is 2. The summed E-state index contributed by atoms with van der Waals surface area (Å²) in [5.41, 5.74) is 2.24. The van der Waals surface area contributed by atoms with E-state index >= 15 is 0 Å². The number of benzene rings is 1. The molecular weight excluding hydrogens is 402 g/mol. The molecule has 29 heavy (non-hydrogen) atoms. The van der Waals surface area contributed by atoms with Crippen molar-refractivity contribution in [2.75, 3.05) is 20.3 Å². The van der Waals surface area contributed by atoms with Crippen molar-refractivity contribution in [2.24, 2.45) is 0 Å². The summed E-state index contributed by atoms with van der Waals surface area (Å²) < 4.78 is 62.2. The average Bonchev–Trinajstić information content (AvgIpc) is 2.70. The highest BCUT2D eigenvalue weighted by Crippen LogP contribution is 2.32. The molecule has 0 saturated heterocycles. The maximum Gasteiger partial charge on any atom is 0.387 e. The van der Waals surface area contributed by atoms with Crippen LogP contribution in [0.25, 0.3) is 6.08 Å². The quantitative estimate of drug-likeness (QED) is 0.617. The van der Waals surface area contributed by atoms with Gasteiger partial charge in [0.2, 0.25) is 10.0 Å². The van der Waals surface area contributed by atoms with E-state index in [0.717, 1.165) is 11.1 Å². The van der Waals surface area contributed by atoms with Crippen LogP contribution in [0.15, 0.2) is 47.6 Å². The van der Waals surface area contributed by atoms with E-state index in [9.17, 15) is 17.2 Å². The zero-order chi connectivity index (χ0) is 20.9. The van der Waals surface area contributed by atoms with Crippen molar-refractivity contribution in [1.82, 2.24) is 9.29 Å². The van der Waals surface area contributed by atoms with E-state index in [0.29, 0.717) is 12.0 Å². The molecule has 2 aromatic rings. The third kappa shape index (κ3) is 5.37. The molecule has 1 aliphatic rings. The molecule has 1 aliphatic carbocycles. The largest absolute Gasteiger partial charge is 0.435 e. The first-order valence-corrected chi connectivity index (χ1v) is 10.5. The van der Waals surface area contributed by atoms with Crippen LogP contribution >= 0.6 is 0 Å². The van der Waals surface area contributed by atoms with Crippen molar-refractivity contribution in [3.8, 4) is 5.75 Å². The Morgan fingerprint density at radius 1 is 1.24 bits per heavy atom. The summed E-state index contributed by atoms with van der Waals surface area (Å²) in [4.78, 5) is 4.32. The fraction of sp³-hybridized carbons (Fsp3) is 0.350. The van der Waals surface area contributed by atoms with Gasteiger partial charge in [0.25, 0.3) is 0 Å². The van der Waals surface area contributed by atoms with E-state index in [1.807, 2.05) is 6.07 Å². The van der Waals surface area contributed by atoms with E-state index in [1.165, 1.54) is 23.5 Å². The van der Waals surface area contributed by atoms with Gasteiger partial charge in [-0.15, -0.1) is 0 Å². The molecule has 0 fully saturated rings. The predicted molar refractivity (Wildman–Crippen MR) is 105 cm³/mol. The molecule has 0 bridgehead atoms. The Hall–Kier alpha value is -2.36. The molecule has 0 spiro atoms. The monoisotopic (exact) mass is 424 g/mol. The van der Waals surface area contributed by atoms with Crippen molar-refractivity contribution in [3.05, 3.63) is 64.3 Å². The van der Waals surface area contributed by atoms with Crippen LogP contribution in [-0.2, 0) is 27.7 Å². The minimum Gasteiger partial charge on any atom is -0.435 e. The number of nitrogens with zero attached hydrogens (tertiary/aromatic N) is 2. The second-order valence-corrected chi connectivity index (χ2v) is 8.53. The highest BCUT2D eigenvalue weighted by molar-refractivity contribution is 7.93. The lowest BCUT2D eigenvalue weighted by atomic mass is 9.97. The molecule has 0 amide bonds. The standard InChI is InChI=1S/C20H22F2N2O4S/c1-27-10-9-24(14-15-3-2-8-23-13-15)29(25,26)19-7-5-16-11-18(28-20(21)22)6-4-17(16)12-19/h2-4,6,8,11-13,20H,5,7,9-10,14H2,1H3. The zero-order valence-electron chi connectivity index (χ0n) is 15.9. The summed E-state index contributed by atoms with van der Waals surface area (Å²) in [6.07, 6.45) is 5.56. The predicted octanol–water partition coefficient (Wildman–Crippen LogP) is 3.45. The SMILES string of the molecule is COCCN(Cc1cccnc1)S(=O)(=O)C1=Cc2ccc(OC(F)F)cc2CC1. The lowest BCUT2D eigenvalue weighted by molar-refractivity contribution is -0.0498. The van der Waals surface area contributed by atoms with Gasteiger partial charge < -0.3 is 9.47 Å². The van der Waals surface area contributed by atoms with E-state index in [1.54, 1.807) is 30.6 Å². The highest BCUT2D eigenvalue weighted by Gasteiger charge is 2.29. The molecule has 0 aliphatic heterocycles. The molecular formula is C20H22F2N2O4S. The average molecular weight is 424 g/mol. The summed E-state index contributed by atoms with van der Waals surface area (Å²) in [5.74, 6) is 0.0664. The van der Waals surface area contributed by atoms with Gasteiger partial charge in [-0.3, -0.25) is 4.98 Å². The molecule has 0 radical (unpaired) electrons. The zero-order valence-corrected chi connectivity index (χ0v) is 16.7. The lowest BCUT2D eigenvalue weighted by Gasteiger charge is -2.25. The van der Waals surface area contributed by atoms with Crippen LogP contribution in [0.5, 0.6) is 5.75 Å². The van der Waals surface area contributed by atoms with Crippen LogP contribution < -0.4 is 4.74 Å². The second-order valence-electron chi connectivity index (χ2n) is 6.54. The van der Waals surface area contributed by atoms with Gasteiger partial charge in [-0.05, 0) is 53.8 Å². The molecule has 0 N–H and O–H groups in total. The number of pyridine rings is 1. The van der Waals surface area contributed by atoms with Gasteiger partial charge in [0.1, 0.15) is 5.75 Å². The van der Waals surface area contributed by atoms with Gasteiger partial charge >= 0.3 is 6.61 Å². The molecule has 9 heteroatoms. The molecule has 6 nitrogen and oxygen atoms in total. The van der Waals surface area contributed by atoms with Crippen molar-refractivity contribution < 1.29 is 26.7 Å². The molecule has 1 aromatic heterocycles. The molecule has 1 heterocycles. The smallest absolute Gasteiger partial charge is 0.387 e. The molecule has 156 valence electrons. The van der Waals surface area contributed by atoms with Crippen LogP contribution in [0, 0.1) is 0 Å². The normalized spacial score (nSPS) is 14.0. The maximum atomic E-state index is 13.3. The number of methoxy groups -OCH3 is 1. The molecule has 0 atom stereocenters. The Kier molecular flexibility index (Phi) is 6.94. The van der Waals surface area contributed by atoms with Crippen LogP contribution in [0.3, 0.4) is 0 Å². The first kappa shape index (κ1) is 21.4. The summed E-state index contributed by atoms with van der Waals surface area (Å²) >= 11 is 0. The number of alkyl halides is 2. The summed E-state index contributed by atoms with van der Waals surface area (Å²) in [7, 11) is -2.21. The highest BCUT2D eigenvalue weighted by atomic mass is 32.2. The Balaban J connectivity index is 1.86. The molecule has 0 unspecified atom stereocenters. The fourth-order valence-electron chi connectivity index (χ4n) is 3.16. The first-order chi connectivity index (χ1) is 13.9. The van der Waals surface area contributed by atoms with Crippen LogP contribution in [-0.4, -0.2) is 44.6 Å².